The summed E-state index contributed by atoms with van der Waals surface area (Å²) in [6, 6.07) is 25.5. The molecule has 1 heterocycles. The quantitative estimate of drug-likeness (QED) is 0.217. The molecule has 9 nitrogen and oxygen atoms in total. The van der Waals surface area contributed by atoms with Gasteiger partial charge in [-0.25, -0.2) is 0 Å². The van der Waals surface area contributed by atoms with Gasteiger partial charge in [0.15, 0.2) is 6.29 Å². The minimum Gasteiger partial charge on any atom is -0.497 e. The Morgan fingerprint density at radius 2 is 1.35 bits per heavy atom. The van der Waals surface area contributed by atoms with Crippen LogP contribution < -0.4 is 15.2 Å². The van der Waals surface area contributed by atoms with Crippen LogP contribution in [0.1, 0.15) is 16.7 Å². The van der Waals surface area contributed by atoms with Crippen LogP contribution in [-0.2, 0) is 29.3 Å². The third-order valence-electron chi connectivity index (χ3n) is 6.98. The molecule has 0 radical (unpaired) electrons. The maximum absolute atomic E-state index is 11.1. The average molecular weight is 554 g/mol. The lowest BCUT2D eigenvalue weighted by Gasteiger charge is -2.37. The lowest BCUT2D eigenvalue weighted by molar-refractivity contribution is -0.185. The first-order chi connectivity index (χ1) is 19.6. The summed E-state index contributed by atoms with van der Waals surface area (Å²) in [4.78, 5) is 0. The molecule has 0 aliphatic carbocycles. The number of nitrogens with two attached hydrogens (primary N) is 1. The first-order valence-corrected chi connectivity index (χ1v) is 13.3. The SMILES string of the molecule is COc1ccc(C(OC[C@H]2OC(OCCOCCN)[C@H](OC)[C@@H]2O)(c2ccccc2)c2ccc(OC)cc2)cc1. The minimum atomic E-state index is -1.04. The van der Waals surface area contributed by atoms with E-state index in [4.69, 9.17) is 38.9 Å². The highest BCUT2D eigenvalue weighted by molar-refractivity contribution is 5.49. The van der Waals surface area contributed by atoms with Gasteiger partial charge in [0, 0.05) is 13.7 Å². The Hall–Kier alpha value is -3.02. The van der Waals surface area contributed by atoms with Gasteiger partial charge in [0.1, 0.15) is 35.4 Å². The topological polar surface area (TPSA) is 111 Å². The Bertz CT molecular complexity index is 1090. The van der Waals surface area contributed by atoms with E-state index in [1.165, 1.54) is 7.11 Å². The first kappa shape index (κ1) is 30.0. The zero-order valence-electron chi connectivity index (χ0n) is 23.2. The van der Waals surface area contributed by atoms with Crippen LogP contribution in [0.4, 0.5) is 0 Å². The number of hydrogen-bond acceptors (Lipinski definition) is 9. The van der Waals surface area contributed by atoms with E-state index < -0.39 is 30.2 Å². The van der Waals surface area contributed by atoms with Gasteiger partial charge in [0.25, 0.3) is 0 Å². The van der Waals surface area contributed by atoms with E-state index in [1.54, 1.807) is 14.2 Å². The van der Waals surface area contributed by atoms with E-state index in [0.29, 0.717) is 19.8 Å². The van der Waals surface area contributed by atoms with Crippen molar-refractivity contribution in [3.05, 3.63) is 95.6 Å². The number of aliphatic hydroxyl groups is 1. The number of methoxy groups -OCH3 is 3. The fourth-order valence-electron chi connectivity index (χ4n) is 4.92. The van der Waals surface area contributed by atoms with Crippen molar-refractivity contribution in [1.82, 2.24) is 0 Å². The van der Waals surface area contributed by atoms with Crippen molar-refractivity contribution >= 4 is 0 Å². The van der Waals surface area contributed by atoms with Crippen molar-refractivity contribution in [1.29, 1.82) is 0 Å². The molecule has 0 saturated carbocycles. The number of rotatable bonds is 15. The second-order valence-electron chi connectivity index (χ2n) is 9.32. The van der Waals surface area contributed by atoms with Gasteiger partial charge in [-0.1, -0.05) is 54.6 Å². The largest absolute Gasteiger partial charge is 0.497 e. The van der Waals surface area contributed by atoms with Crippen LogP contribution in [0.3, 0.4) is 0 Å². The lowest BCUT2D eigenvalue weighted by atomic mass is 9.80. The summed E-state index contributed by atoms with van der Waals surface area (Å²) >= 11 is 0. The molecule has 4 atom stereocenters. The Morgan fingerprint density at radius 1 is 0.775 bits per heavy atom. The molecule has 1 unspecified atom stereocenters. The fraction of sp³-hybridized carbons (Fsp3) is 0.419. The second kappa shape index (κ2) is 14.6. The van der Waals surface area contributed by atoms with Crippen LogP contribution in [0.15, 0.2) is 78.9 Å². The Morgan fingerprint density at radius 3 is 1.88 bits per heavy atom. The molecule has 0 spiro atoms. The van der Waals surface area contributed by atoms with Gasteiger partial charge >= 0.3 is 0 Å². The minimum absolute atomic E-state index is 0.0531. The van der Waals surface area contributed by atoms with Crippen LogP contribution in [-0.4, -0.2) is 84.0 Å². The predicted molar refractivity (Wildman–Crippen MR) is 150 cm³/mol. The molecule has 1 aliphatic heterocycles. The average Bonchev–Trinajstić information content (AvgIpc) is 3.32. The smallest absolute Gasteiger partial charge is 0.187 e. The second-order valence-corrected chi connectivity index (χ2v) is 9.32. The van der Waals surface area contributed by atoms with Crippen LogP contribution in [0.2, 0.25) is 0 Å². The molecule has 9 heteroatoms. The monoisotopic (exact) mass is 553 g/mol. The van der Waals surface area contributed by atoms with E-state index >= 15 is 0 Å². The standard InChI is InChI=1S/C31H39NO8/c1-34-25-13-9-23(10-14-25)31(22-7-5-4-6-8-22,24-11-15-26(35-2)16-12-24)39-21-27-28(33)29(36-3)30(40-27)38-20-19-37-18-17-32/h4-16,27-30,33H,17-21,32H2,1-3H3/t27-,28-,29-,30?/m1/s1. The van der Waals surface area contributed by atoms with Gasteiger partial charge in [-0.15, -0.1) is 0 Å². The van der Waals surface area contributed by atoms with Crippen molar-refractivity contribution in [3.8, 4) is 11.5 Å². The summed E-state index contributed by atoms with van der Waals surface area (Å²) in [5.74, 6) is 1.46. The van der Waals surface area contributed by atoms with E-state index in [2.05, 4.69) is 0 Å². The summed E-state index contributed by atoms with van der Waals surface area (Å²) in [7, 11) is 4.78. The van der Waals surface area contributed by atoms with Gasteiger partial charge in [0.05, 0.1) is 40.6 Å². The highest BCUT2D eigenvalue weighted by atomic mass is 16.7. The molecule has 4 rings (SSSR count). The van der Waals surface area contributed by atoms with E-state index in [-0.39, 0.29) is 13.2 Å². The number of benzene rings is 3. The predicted octanol–water partition coefficient (Wildman–Crippen LogP) is 3.11. The molecular weight excluding hydrogens is 514 g/mol. The summed E-state index contributed by atoms with van der Waals surface area (Å²) < 4.78 is 40.6. The first-order valence-electron chi connectivity index (χ1n) is 13.3. The highest BCUT2D eigenvalue weighted by Crippen LogP contribution is 2.42. The van der Waals surface area contributed by atoms with Gasteiger partial charge < -0.3 is 44.0 Å². The molecule has 1 fully saturated rings. The fourth-order valence-corrected chi connectivity index (χ4v) is 4.92. The van der Waals surface area contributed by atoms with Crippen molar-refractivity contribution in [2.45, 2.75) is 30.2 Å². The molecule has 216 valence electrons. The zero-order valence-corrected chi connectivity index (χ0v) is 23.2. The summed E-state index contributed by atoms with van der Waals surface area (Å²) in [5, 5.41) is 11.1. The molecular formula is C31H39NO8. The molecule has 40 heavy (non-hydrogen) atoms. The van der Waals surface area contributed by atoms with E-state index in [9.17, 15) is 5.11 Å². The van der Waals surface area contributed by atoms with Crippen molar-refractivity contribution in [2.24, 2.45) is 5.73 Å². The summed E-state index contributed by atoms with van der Waals surface area (Å²) in [6.07, 6.45) is -3.14. The van der Waals surface area contributed by atoms with Crippen LogP contribution in [0, 0.1) is 0 Å². The zero-order chi connectivity index (χ0) is 28.4. The molecule has 3 aromatic rings. The Labute approximate surface area is 235 Å². The molecule has 0 amide bonds. The van der Waals surface area contributed by atoms with Gasteiger partial charge in [-0.3, -0.25) is 0 Å². The Kier molecular flexibility index (Phi) is 10.9. The van der Waals surface area contributed by atoms with E-state index in [1.807, 2.05) is 78.9 Å². The maximum atomic E-state index is 11.1. The summed E-state index contributed by atoms with van der Waals surface area (Å²) in [6.45, 7) is 1.56. The Balaban J connectivity index is 1.66. The number of aliphatic hydroxyl groups excluding tert-OH is 1. The van der Waals surface area contributed by atoms with Crippen LogP contribution in [0.5, 0.6) is 11.5 Å². The highest BCUT2D eigenvalue weighted by Gasteiger charge is 2.47. The number of ether oxygens (including phenoxy) is 7. The summed E-state index contributed by atoms with van der Waals surface area (Å²) in [5.41, 5.74) is 7.09. The molecule has 3 aromatic carbocycles. The van der Waals surface area contributed by atoms with Crippen molar-refractivity contribution < 1.29 is 38.3 Å². The van der Waals surface area contributed by atoms with Crippen LogP contribution >= 0.6 is 0 Å². The molecule has 0 aromatic heterocycles. The third-order valence-corrected chi connectivity index (χ3v) is 6.98. The maximum Gasteiger partial charge on any atom is 0.187 e. The van der Waals surface area contributed by atoms with E-state index in [0.717, 1.165) is 28.2 Å². The van der Waals surface area contributed by atoms with Gasteiger partial charge in [-0.05, 0) is 41.0 Å². The molecule has 0 bridgehead atoms. The molecule has 3 N–H and O–H groups in total. The molecule has 1 saturated heterocycles. The normalized spacial score (nSPS) is 20.9. The van der Waals surface area contributed by atoms with Gasteiger partial charge in [0.2, 0.25) is 0 Å². The van der Waals surface area contributed by atoms with Gasteiger partial charge in [-0.2, -0.15) is 0 Å². The third kappa shape index (κ3) is 6.64. The lowest BCUT2D eigenvalue weighted by Crippen LogP contribution is -2.40. The van der Waals surface area contributed by atoms with Crippen molar-refractivity contribution in [2.75, 3.05) is 54.3 Å². The molecule has 1 aliphatic rings. The number of hydrogen-bond donors (Lipinski definition) is 2. The van der Waals surface area contributed by atoms with Crippen molar-refractivity contribution in [3.63, 3.8) is 0 Å². The van der Waals surface area contributed by atoms with Crippen LogP contribution in [0.25, 0.3) is 0 Å².